The molecule has 0 aliphatic heterocycles. The first-order valence-corrected chi connectivity index (χ1v) is 7.83. The monoisotopic (exact) mass is 347 g/mol. The fraction of sp³-hybridized carbons (Fsp3) is 0.133. The summed E-state index contributed by atoms with van der Waals surface area (Å²) >= 11 is 0. The number of ether oxygens (including phenoxy) is 1. The van der Waals surface area contributed by atoms with E-state index in [-0.39, 0.29) is 11.1 Å². The van der Waals surface area contributed by atoms with Crippen LogP contribution in [0.25, 0.3) is 11.1 Å². The normalized spacial score (nSPS) is 12.3. The lowest BCUT2D eigenvalue weighted by molar-refractivity contribution is -0.138. The summed E-state index contributed by atoms with van der Waals surface area (Å²) < 4.78 is 81.5. The van der Waals surface area contributed by atoms with E-state index >= 15 is 0 Å². The van der Waals surface area contributed by atoms with E-state index in [4.69, 9.17) is 4.74 Å². The van der Waals surface area contributed by atoms with Crippen LogP contribution in [0.15, 0.2) is 41.3 Å². The number of hydrogen-bond donors (Lipinski definition) is 0. The quantitative estimate of drug-likeness (QED) is 0.786. The van der Waals surface area contributed by atoms with Gasteiger partial charge in [-0.2, -0.15) is 13.2 Å². The Hall–Kier alpha value is -2.09. The number of methoxy groups -OCH3 is 1. The molecule has 3 nitrogen and oxygen atoms in total. The first-order valence-electron chi connectivity index (χ1n) is 6.18. The molecule has 0 fully saturated rings. The molecular formula is C15H11F4O3S. The van der Waals surface area contributed by atoms with Gasteiger partial charge in [0.2, 0.25) is 0 Å². The summed E-state index contributed by atoms with van der Waals surface area (Å²) in [5, 5.41) is 0. The number of alkyl halides is 3. The van der Waals surface area contributed by atoms with Crippen molar-refractivity contribution in [3.63, 3.8) is 0 Å². The molecule has 0 bridgehead atoms. The molecule has 0 aromatic heterocycles. The van der Waals surface area contributed by atoms with E-state index in [0.29, 0.717) is 6.07 Å². The molecule has 1 radical (unpaired) electrons. The molecule has 2 aromatic carbocycles. The van der Waals surface area contributed by atoms with Crippen LogP contribution >= 0.6 is 0 Å². The summed E-state index contributed by atoms with van der Waals surface area (Å²) in [6.45, 7) is 0. The molecule has 123 valence electrons. The van der Waals surface area contributed by atoms with Crippen molar-refractivity contribution in [3.8, 4) is 16.9 Å². The van der Waals surface area contributed by atoms with E-state index in [1.165, 1.54) is 18.2 Å². The average molecular weight is 347 g/mol. The molecule has 0 saturated heterocycles. The maximum atomic E-state index is 13.9. The van der Waals surface area contributed by atoms with Gasteiger partial charge in [-0.3, -0.25) is 0 Å². The van der Waals surface area contributed by atoms with Gasteiger partial charge in [-0.1, -0.05) is 18.2 Å². The Labute approximate surface area is 130 Å². The highest BCUT2D eigenvalue weighted by Gasteiger charge is 2.37. The van der Waals surface area contributed by atoms with Crippen LogP contribution in [0, 0.1) is 12.1 Å². The van der Waals surface area contributed by atoms with Crippen LogP contribution in [0.4, 0.5) is 17.6 Å². The molecule has 23 heavy (non-hydrogen) atoms. The Bertz CT molecular complexity index is 842. The largest absolute Gasteiger partial charge is 0.495 e. The molecule has 0 N–H and O–H groups in total. The van der Waals surface area contributed by atoms with E-state index < -0.39 is 38.0 Å². The molecule has 8 heteroatoms. The Balaban J connectivity index is 2.93. The van der Waals surface area contributed by atoms with Crippen molar-refractivity contribution in [3.05, 3.63) is 54.0 Å². The highest BCUT2D eigenvalue weighted by atomic mass is 32.2. The highest BCUT2D eigenvalue weighted by Crippen LogP contribution is 2.44. The van der Waals surface area contributed by atoms with Crippen molar-refractivity contribution in [1.82, 2.24) is 0 Å². The topological polar surface area (TPSA) is 43.4 Å². The maximum Gasteiger partial charge on any atom is 0.420 e. The van der Waals surface area contributed by atoms with Gasteiger partial charge in [-0.05, 0) is 18.2 Å². The summed E-state index contributed by atoms with van der Waals surface area (Å²) in [4.78, 5) is -0.677. The molecule has 0 unspecified atom stereocenters. The lowest BCUT2D eigenvalue weighted by Crippen LogP contribution is -2.10. The Morgan fingerprint density at radius 1 is 1.09 bits per heavy atom. The van der Waals surface area contributed by atoms with Gasteiger partial charge in [0.25, 0.3) is 0 Å². The van der Waals surface area contributed by atoms with Gasteiger partial charge in [-0.15, -0.1) is 0 Å². The van der Waals surface area contributed by atoms with Crippen molar-refractivity contribution in [2.75, 3.05) is 7.11 Å². The average Bonchev–Trinajstić information content (AvgIpc) is 2.44. The van der Waals surface area contributed by atoms with E-state index in [2.05, 4.69) is 6.26 Å². The lowest BCUT2D eigenvalue weighted by atomic mass is 10.0. The third kappa shape index (κ3) is 3.47. The predicted octanol–water partition coefficient (Wildman–Crippen LogP) is 4.09. The SMILES string of the molecule is [CH2]S(=O)(=O)c1cc(-c2ccccc2F)c(OC)c(C(F)(F)F)c1. The van der Waals surface area contributed by atoms with Gasteiger partial charge in [0.15, 0.2) is 9.84 Å². The van der Waals surface area contributed by atoms with Gasteiger partial charge in [0.1, 0.15) is 11.6 Å². The number of sulfone groups is 1. The summed E-state index contributed by atoms with van der Waals surface area (Å²) in [6.07, 6.45) is -2.04. The van der Waals surface area contributed by atoms with Crippen LogP contribution in [-0.2, 0) is 16.0 Å². The van der Waals surface area contributed by atoms with Crippen LogP contribution in [0.2, 0.25) is 0 Å². The minimum Gasteiger partial charge on any atom is -0.495 e. The van der Waals surface area contributed by atoms with Crippen LogP contribution in [0.5, 0.6) is 5.75 Å². The second-order valence-electron chi connectivity index (χ2n) is 4.64. The van der Waals surface area contributed by atoms with Crippen molar-refractivity contribution in [2.24, 2.45) is 0 Å². The second kappa shape index (κ2) is 5.84. The second-order valence-corrected chi connectivity index (χ2v) is 6.34. The van der Waals surface area contributed by atoms with Gasteiger partial charge < -0.3 is 4.74 Å². The first-order chi connectivity index (χ1) is 10.6. The predicted molar refractivity (Wildman–Crippen MR) is 75.9 cm³/mol. The Kier molecular flexibility index (Phi) is 4.39. The molecule has 0 heterocycles. The van der Waals surface area contributed by atoms with Crippen molar-refractivity contribution < 1.29 is 30.7 Å². The minimum atomic E-state index is -4.88. The lowest BCUT2D eigenvalue weighted by Gasteiger charge is -2.18. The van der Waals surface area contributed by atoms with Crippen LogP contribution in [0.1, 0.15) is 5.56 Å². The highest BCUT2D eigenvalue weighted by molar-refractivity contribution is 7.92. The van der Waals surface area contributed by atoms with E-state index in [9.17, 15) is 26.0 Å². The molecule has 2 aromatic rings. The van der Waals surface area contributed by atoms with Gasteiger partial charge in [0, 0.05) is 11.1 Å². The molecule has 0 aliphatic carbocycles. The molecule has 2 rings (SSSR count). The Morgan fingerprint density at radius 2 is 1.70 bits per heavy atom. The standard InChI is InChI=1S/C15H11F4O3S/c1-22-14-11(10-5-3-4-6-13(10)16)7-9(23(2,20)21)8-12(14)15(17,18)19/h3-8H,2H2,1H3. The summed E-state index contributed by atoms with van der Waals surface area (Å²) in [6, 6.07) is 6.38. The van der Waals surface area contributed by atoms with Gasteiger partial charge in [0.05, 0.1) is 23.8 Å². The number of benzene rings is 2. The molecule has 0 saturated carbocycles. The first kappa shape index (κ1) is 17.3. The zero-order valence-electron chi connectivity index (χ0n) is 11.8. The fourth-order valence-electron chi connectivity index (χ4n) is 2.09. The van der Waals surface area contributed by atoms with Crippen LogP contribution < -0.4 is 4.74 Å². The van der Waals surface area contributed by atoms with Crippen molar-refractivity contribution >= 4 is 9.84 Å². The van der Waals surface area contributed by atoms with Crippen molar-refractivity contribution in [1.29, 1.82) is 0 Å². The number of hydrogen-bond acceptors (Lipinski definition) is 3. The summed E-state index contributed by atoms with van der Waals surface area (Å²) in [5.74, 6) is -1.47. The summed E-state index contributed by atoms with van der Waals surface area (Å²) in [5.41, 5.74) is -1.84. The molecule has 0 aliphatic rings. The van der Waals surface area contributed by atoms with Gasteiger partial charge >= 0.3 is 6.18 Å². The minimum absolute atomic E-state index is 0.208. The van der Waals surface area contributed by atoms with E-state index in [1.54, 1.807) is 0 Å². The Morgan fingerprint density at radius 3 is 2.17 bits per heavy atom. The van der Waals surface area contributed by atoms with Crippen molar-refractivity contribution in [2.45, 2.75) is 11.1 Å². The third-order valence-corrected chi connectivity index (χ3v) is 4.05. The molecule has 0 spiro atoms. The van der Waals surface area contributed by atoms with Gasteiger partial charge in [-0.25, -0.2) is 12.8 Å². The van der Waals surface area contributed by atoms with Crippen LogP contribution in [0.3, 0.4) is 0 Å². The fourth-order valence-corrected chi connectivity index (χ4v) is 2.69. The molecule has 0 atom stereocenters. The maximum absolute atomic E-state index is 13.9. The zero-order valence-corrected chi connectivity index (χ0v) is 12.6. The van der Waals surface area contributed by atoms with E-state index in [0.717, 1.165) is 19.2 Å². The number of halogens is 4. The molecule has 0 amide bonds. The number of rotatable bonds is 3. The zero-order chi connectivity index (χ0) is 17.4. The summed E-state index contributed by atoms with van der Waals surface area (Å²) in [7, 11) is -3.19. The molecular weight excluding hydrogens is 336 g/mol. The smallest absolute Gasteiger partial charge is 0.420 e. The van der Waals surface area contributed by atoms with Crippen LogP contribution in [-0.4, -0.2) is 15.5 Å². The third-order valence-electron chi connectivity index (χ3n) is 3.10. The van der Waals surface area contributed by atoms with E-state index in [1.807, 2.05) is 0 Å².